The van der Waals surface area contributed by atoms with Crippen molar-refractivity contribution in [2.75, 3.05) is 20.6 Å². The molecule has 1 heterocycles. The third-order valence-electron chi connectivity index (χ3n) is 4.24. The number of carbonyl (C=O) groups excluding carboxylic acids is 1. The van der Waals surface area contributed by atoms with Gasteiger partial charge in [0.15, 0.2) is 0 Å². The van der Waals surface area contributed by atoms with Gasteiger partial charge < -0.3 is 10.2 Å². The van der Waals surface area contributed by atoms with Crippen molar-refractivity contribution in [3.63, 3.8) is 0 Å². The maximum absolute atomic E-state index is 12.2. The Kier molecular flexibility index (Phi) is 5.93. The molecule has 0 unspecified atom stereocenters. The average molecular weight is 326 g/mol. The van der Waals surface area contributed by atoms with Gasteiger partial charge in [-0.25, -0.2) is 0 Å². The highest BCUT2D eigenvalue weighted by Crippen LogP contribution is 2.17. The normalized spacial score (nSPS) is 12.8. The van der Waals surface area contributed by atoms with Crippen molar-refractivity contribution in [3.05, 3.63) is 58.9 Å². The molecule has 1 N–H and O–H groups in total. The Balaban J connectivity index is 2.00. The molecule has 2 rings (SSSR count). The lowest BCUT2D eigenvalue weighted by molar-refractivity contribution is -0.116. The van der Waals surface area contributed by atoms with Gasteiger partial charge in [-0.15, -0.1) is 0 Å². The number of benzene rings is 1. The molecule has 1 amide bonds. The minimum atomic E-state index is -0.0968. The van der Waals surface area contributed by atoms with Crippen LogP contribution in [0.3, 0.4) is 0 Å². The van der Waals surface area contributed by atoms with Crippen LogP contribution in [0.4, 0.5) is 0 Å². The molecule has 0 saturated heterocycles. The molecule has 0 fully saturated rings. The van der Waals surface area contributed by atoms with Crippen molar-refractivity contribution in [3.8, 4) is 0 Å². The average Bonchev–Trinajstić information content (AvgIpc) is 2.79. The Bertz CT molecular complexity index is 716. The van der Waals surface area contributed by atoms with Crippen molar-refractivity contribution in [2.45, 2.75) is 19.9 Å². The fraction of sp³-hybridized carbons (Fsp3) is 0.368. The second-order valence-corrected chi connectivity index (χ2v) is 6.18. The second-order valence-electron chi connectivity index (χ2n) is 6.18. The summed E-state index contributed by atoms with van der Waals surface area (Å²) >= 11 is 0. The van der Waals surface area contributed by atoms with Gasteiger partial charge in [-0.3, -0.25) is 9.48 Å². The van der Waals surface area contributed by atoms with Gasteiger partial charge in [0.25, 0.3) is 0 Å². The van der Waals surface area contributed by atoms with Crippen molar-refractivity contribution in [2.24, 2.45) is 7.05 Å². The van der Waals surface area contributed by atoms with E-state index in [1.54, 1.807) is 6.08 Å². The van der Waals surface area contributed by atoms with Crippen molar-refractivity contribution < 1.29 is 4.79 Å². The van der Waals surface area contributed by atoms with E-state index in [9.17, 15) is 4.79 Å². The minimum Gasteiger partial charge on any atom is -0.351 e. The summed E-state index contributed by atoms with van der Waals surface area (Å²) in [5, 5.41) is 7.34. The maximum Gasteiger partial charge on any atom is 0.244 e. The van der Waals surface area contributed by atoms with E-state index in [2.05, 4.69) is 27.4 Å². The lowest BCUT2D eigenvalue weighted by Crippen LogP contribution is -2.33. The molecule has 0 spiro atoms. The number of aromatic nitrogens is 2. The highest BCUT2D eigenvalue weighted by Gasteiger charge is 2.14. The van der Waals surface area contributed by atoms with E-state index >= 15 is 0 Å². The molecule has 0 bridgehead atoms. The van der Waals surface area contributed by atoms with Crippen molar-refractivity contribution in [1.82, 2.24) is 20.0 Å². The zero-order valence-electron chi connectivity index (χ0n) is 15.1. The van der Waals surface area contributed by atoms with Crippen LogP contribution in [-0.2, 0) is 11.8 Å². The van der Waals surface area contributed by atoms with Crippen LogP contribution >= 0.6 is 0 Å². The predicted octanol–water partition coefficient (Wildman–Crippen LogP) is 2.47. The molecule has 0 radical (unpaired) electrons. The predicted molar refractivity (Wildman–Crippen MR) is 97.6 cm³/mol. The second kappa shape index (κ2) is 7.93. The molecule has 1 aromatic carbocycles. The highest BCUT2D eigenvalue weighted by atomic mass is 16.1. The number of nitrogens with one attached hydrogen (secondary N) is 1. The Hall–Kier alpha value is -2.40. The van der Waals surface area contributed by atoms with Crippen molar-refractivity contribution in [1.29, 1.82) is 0 Å². The van der Waals surface area contributed by atoms with Crippen LogP contribution in [0.1, 0.15) is 28.6 Å². The summed E-state index contributed by atoms with van der Waals surface area (Å²) in [6.07, 6.45) is 3.41. The molecule has 1 atom stereocenters. The van der Waals surface area contributed by atoms with Gasteiger partial charge in [0.2, 0.25) is 5.91 Å². The van der Waals surface area contributed by atoms with E-state index < -0.39 is 0 Å². The molecule has 2 aromatic rings. The fourth-order valence-electron chi connectivity index (χ4n) is 2.72. The first-order valence-corrected chi connectivity index (χ1v) is 8.07. The number of likely N-dealkylation sites (N-methyl/N-ethyl adjacent to an activating group) is 1. The van der Waals surface area contributed by atoms with Gasteiger partial charge in [-0.1, -0.05) is 30.3 Å². The summed E-state index contributed by atoms with van der Waals surface area (Å²) in [5.41, 5.74) is 4.16. The van der Waals surface area contributed by atoms with Gasteiger partial charge >= 0.3 is 0 Å². The lowest BCUT2D eigenvalue weighted by atomic mass is 10.1. The molecular weight excluding hydrogens is 300 g/mol. The lowest BCUT2D eigenvalue weighted by Gasteiger charge is -2.24. The Morgan fingerprint density at radius 1 is 1.29 bits per heavy atom. The summed E-state index contributed by atoms with van der Waals surface area (Å²) in [7, 11) is 5.94. The summed E-state index contributed by atoms with van der Waals surface area (Å²) in [4.78, 5) is 14.3. The van der Waals surface area contributed by atoms with Crippen LogP contribution in [0.25, 0.3) is 6.08 Å². The largest absolute Gasteiger partial charge is 0.351 e. The van der Waals surface area contributed by atoms with Crippen LogP contribution in [-0.4, -0.2) is 41.2 Å². The van der Waals surface area contributed by atoms with E-state index in [1.165, 1.54) is 5.56 Å². The highest BCUT2D eigenvalue weighted by molar-refractivity contribution is 5.92. The van der Waals surface area contributed by atoms with Crippen LogP contribution in [0, 0.1) is 13.8 Å². The van der Waals surface area contributed by atoms with E-state index in [0.717, 1.165) is 17.0 Å². The molecule has 5 nitrogen and oxygen atoms in total. The number of carbonyl (C=O) groups is 1. The monoisotopic (exact) mass is 326 g/mol. The number of rotatable bonds is 6. The third-order valence-corrected chi connectivity index (χ3v) is 4.24. The van der Waals surface area contributed by atoms with E-state index in [0.29, 0.717) is 6.54 Å². The van der Waals surface area contributed by atoms with Gasteiger partial charge in [-0.05, 0) is 39.6 Å². The van der Waals surface area contributed by atoms with Crippen molar-refractivity contribution >= 4 is 12.0 Å². The first-order chi connectivity index (χ1) is 11.4. The summed E-state index contributed by atoms with van der Waals surface area (Å²) < 4.78 is 1.82. The smallest absolute Gasteiger partial charge is 0.244 e. The van der Waals surface area contributed by atoms with E-state index in [4.69, 9.17) is 0 Å². The molecular formula is C19H26N4O. The molecule has 5 heteroatoms. The summed E-state index contributed by atoms with van der Waals surface area (Å²) in [6, 6.07) is 10.3. The zero-order chi connectivity index (χ0) is 17.7. The molecule has 1 aromatic heterocycles. The van der Waals surface area contributed by atoms with Gasteiger partial charge in [0, 0.05) is 30.9 Å². The van der Waals surface area contributed by atoms with Crippen LogP contribution < -0.4 is 5.32 Å². The zero-order valence-corrected chi connectivity index (χ0v) is 15.1. The van der Waals surface area contributed by atoms with Crippen LogP contribution in [0.5, 0.6) is 0 Å². The Morgan fingerprint density at radius 3 is 2.50 bits per heavy atom. The van der Waals surface area contributed by atoms with Crippen LogP contribution in [0.15, 0.2) is 36.4 Å². The van der Waals surface area contributed by atoms with Gasteiger partial charge in [0.05, 0.1) is 11.7 Å². The minimum absolute atomic E-state index is 0.0968. The summed E-state index contributed by atoms with van der Waals surface area (Å²) in [6.45, 7) is 4.50. The molecule has 0 aliphatic carbocycles. The fourth-order valence-corrected chi connectivity index (χ4v) is 2.72. The number of hydrogen-bond acceptors (Lipinski definition) is 3. The maximum atomic E-state index is 12.2. The molecule has 24 heavy (non-hydrogen) atoms. The quantitative estimate of drug-likeness (QED) is 0.830. The molecule has 0 aliphatic rings. The topological polar surface area (TPSA) is 50.2 Å². The Labute approximate surface area is 144 Å². The molecule has 128 valence electrons. The standard InChI is InChI=1S/C19H26N4O/c1-14-17(15(2)23(5)21-14)11-12-19(24)20-13-18(22(3)4)16-9-7-6-8-10-16/h6-12,18H,13H2,1-5H3,(H,20,24)/b12-11-/t18-/m1/s1. The first-order valence-electron chi connectivity index (χ1n) is 8.07. The van der Waals surface area contributed by atoms with Gasteiger partial charge in [-0.2, -0.15) is 5.10 Å². The molecule has 0 saturated carbocycles. The van der Waals surface area contributed by atoms with Gasteiger partial charge in [0.1, 0.15) is 0 Å². The van der Waals surface area contributed by atoms with Crippen LogP contribution in [0.2, 0.25) is 0 Å². The summed E-state index contributed by atoms with van der Waals surface area (Å²) in [5.74, 6) is -0.0968. The first kappa shape index (κ1) is 17.9. The molecule has 0 aliphatic heterocycles. The Morgan fingerprint density at radius 2 is 1.96 bits per heavy atom. The van der Waals surface area contributed by atoms with E-state index in [1.807, 2.05) is 63.9 Å². The number of aryl methyl sites for hydroxylation is 2. The number of nitrogens with zero attached hydrogens (tertiary/aromatic N) is 3. The number of amides is 1. The third kappa shape index (κ3) is 4.32. The number of hydrogen-bond donors (Lipinski definition) is 1. The van der Waals surface area contributed by atoms with E-state index in [-0.39, 0.29) is 11.9 Å². The SMILES string of the molecule is Cc1nn(C)c(C)c1/C=C\C(=O)NC[C@H](c1ccccc1)N(C)C.